The summed E-state index contributed by atoms with van der Waals surface area (Å²) in [6.45, 7) is 3.00. The van der Waals surface area contributed by atoms with Crippen molar-refractivity contribution in [2.75, 3.05) is 5.32 Å². The Hall–Kier alpha value is -1.47. The maximum atomic E-state index is 5.95. The molecule has 1 nitrogen and oxygen atoms in total. The van der Waals surface area contributed by atoms with Crippen LogP contribution in [0.15, 0.2) is 48.5 Å². The summed E-state index contributed by atoms with van der Waals surface area (Å²) in [4.78, 5) is 0. The first-order valence-electron chi connectivity index (χ1n) is 6.35. The van der Waals surface area contributed by atoms with E-state index >= 15 is 0 Å². The molecule has 0 fully saturated rings. The molecule has 0 unspecified atom stereocenters. The summed E-state index contributed by atoms with van der Waals surface area (Å²) in [5, 5.41) is 4.18. The second-order valence-corrected chi connectivity index (χ2v) is 4.87. The van der Waals surface area contributed by atoms with Crippen molar-refractivity contribution in [3.63, 3.8) is 0 Å². The van der Waals surface area contributed by atoms with E-state index < -0.39 is 0 Å². The number of hydrogen-bond acceptors (Lipinski definition) is 1. The zero-order valence-electron chi connectivity index (χ0n) is 10.6. The van der Waals surface area contributed by atoms with Crippen LogP contribution >= 0.6 is 11.6 Å². The molecule has 0 aliphatic rings. The van der Waals surface area contributed by atoms with E-state index in [4.69, 9.17) is 11.6 Å². The Balaban J connectivity index is 1.93. The molecule has 0 bridgehead atoms. The van der Waals surface area contributed by atoms with Gasteiger partial charge in [-0.1, -0.05) is 49.2 Å². The highest BCUT2D eigenvalue weighted by Crippen LogP contribution is 2.14. The largest absolute Gasteiger partial charge is 0.381 e. The van der Waals surface area contributed by atoms with Crippen molar-refractivity contribution < 1.29 is 0 Å². The minimum Gasteiger partial charge on any atom is -0.381 e. The zero-order valence-corrected chi connectivity index (χ0v) is 11.4. The topological polar surface area (TPSA) is 12.0 Å². The van der Waals surface area contributed by atoms with Crippen LogP contribution in [-0.2, 0) is 13.0 Å². The molecule has 0 radical (unpaired) electrons. The van der Waals surface area contributed by atoms with Crippen LogP contribution in [0.25, 0.3) is 0 Å². The lowest BCUT2D eigenvalue weighted by Gasteiger charge is -2.07. The molecule has 94 valence electrons. The Bertz CT molecular complexity index is 491. The van der Waals surface area contributed by atoms with Gasteiger partial charge in [-0.05, 0) is 41.8 Å². The van der Waals surface area contributed by atoms with E-state index in [0.717, 1.165) is 23.7 Å². The van der Waals surface area contributed by atoms with Gasteiger partial charge in [-0.15, -0.1) is 0 Å². The van der Waals surface area contributed by atoms with Crippen LogP contribution in [0.1, 0.15) is 24.5 Å². The fourth-order valence-electron chi connectivity index (χ4n) is 1.93. The van der Waals surface area contributed by atoms with Gasteiger partial charge >= 0.3 is 0 Å². The van der Waals surface area contributed by atoms with Gasteiger partial charge in [-0.3, -0.25) is 0 Å². The molecule has 1 N–H and O–H groups in total. The van der Waals surface area contributed by atoms with Crippen LogP contribution in [-0.4, -0.2) is 0 Å². The van der Waals surface area contributed by atoms with E-state index in [2.05, 4.69) is 42.6 Å². The standard InChI is InChI=1S/C16H18ClN/c1-2-4-13-7-9-16(10-8-13)18-12-14-5-3-6-15(17)11-14/h3,5-11,18H,2,4,12H2,1H3. The van der Waals surface area contributed by atoms with Crippen molar-refractivity contribution in [2.45, 2.75) is 26.3 Å². The molecule has 2 aromatic carbocycles. The molecule has 0 saturated carbocycles. The number of benzene rings is 2. The van der Waals surface area contributed by atoms with E-state index in [9.17, 15) is 0 Å². The number of aryl methyl sites for hydroxylation is 1. The Morgan fingerprint density at radius 3 is 2.44 bits per heavy atom. The molecule has 0 saturated heterocycles. The third-order valence-corrected chi connectivity index (χ3v) is 3.11. The lowest BCUT2D eigenvalue weighted by atomic mass is 10.1. The number of rotatable bonds is 5. The average molecular weight is 260 g/mol. The second-order valence-electron chi connectivity index (χ2n) is 4.43. The normalized spacial score (nSPS) is 10.3. The second kappa shape index (κ2) is 6.46. The molecular formula is C16H18ClN. The van der Waals surface area contributed by atoms with Crippen molar-refractivity contribution in [1.82, 2.24) is 0 Å². The average Bonchev–Trinajstić information content (AvgIpc) is 2.38. The van der Waals surface area contributed by atoms with Crippen molar-refractivity contribution in [3.05, 3.63) is 64.7 Å². The summed E-state index contributed by atoms with van der Waals surface area (Å²) in [5.74, 6) is 0. The summed E-state index contributed by atoms with van der Waals surface area (Å²) in [5.41, 5.74) is 3.74. The first kappa shape index (κ1) is 13.0. The summed E-state index contributed by atoms with van der Waals surface area (Å²) >= 11 is 5.95. The molecule has 0 aromatic heterocycles. The number of anilines is 1. The molecule has 0 aliphatic carbocycles. The molecule has 0 atom stereocenters. The van der Waals surface area contributed by atoms with Crippen LogP contribution < -0.4 is 5.32 Å². The van der Waals surface area contributed by atoms with Gasteiger partial charge in [0.05, 0.1) is 0 Å². The minimum atomic E-state index is 0.785. The summed E-state index contributed by atoms with van der Waals surface area (Å²) in [7, 11) is 0. The Morgan fingerprint density at radius 2 is 1.78 bits per heavy atom. The van der Waals surface area contributed by atoms with Gasteiger partial charge in [0.2, 0.25) is 0 Å². The Labute approximate surface area is 114 Å². The molecule has 2 rings (SSSR count). The lowest BCUT2D eigenvalue weighted by molar-refractivity contribution is 0.922. The molecule has 0 amide bonds. The quantitative estimate of drug-likeness (QED) is 0.805. The van der Waals surface area contributed by atoms with E-state index in [1.165, 1.54) is 17.5 Å². The monoisotopic (exact) mass is 259 g/mol. The predicted molar refractivity (Wildman–Crippen MR) is 79.2 cm³/mol. The number of halogens is 1. The lowest BCUT2D eigenvalue weighted by Crippen LogP contribution is -1.99. The SMILES string of the molecule is CCCc1ccc(NCc2cccc(Cl)c2)cc1. The molecular weight excluding hydrogens is 242 g/mol. The first-order chi connectivity index (χ1) is 8.78. The van der Waals surface area contributed by atoms with Crippen LogP contribution in [0.2, 0.25) is 5.02 Å². The van der Waals surface area contributed by atoms with Crippen molar-refractivity contribution in [1.29, 1.82) is 0 Å². The molecule has 0 spiro atoms. The highest BCUT2D eigenvalue weighted by molar-refractivity contribution is 6.30. The number of nitrogens with one attached hydrogen (secondary N) is 1. The third-order valence-electron chi connectivity index (χ3n) is 2.88. The van der Waals surface area contributed by atoms with Gasteiger partial charge in [0.15, 0.2) is 0 Å². The van der Waals surface area contributed by atoms with Gasteiger partial charge < -0.3 is 5.32 Å². The molecule has 0 aliphatic heterocycles. The maximum absolute atomic E-state index is 5.95. The predicted octanol–water partition coefficient (Wildman–Crippen LogP) is 4.90. The molecule has 2 aromatic rings. The van der Waals surface area contributed by atoms with E-state index in [1.54, 1.807) is 0 Å². The van der Waals surface area contributed by atoms with Gasteiger partial charge in [-0.2, -0.15) is 0 Å². The molecule has 2 heteroatoms. The van der Waals surface area contributed by atoms with Crippen molar-refractivity contribution in [2.24, 2.45) is 0 Å². The summed E-state index contributed by atoms with van der Waals surface area (Å²) in [6, 6.07) is 16.6. The third kappa shape index (κ3) is 3.78. The van der Waals surface area contributed by atoms with E-state index in [-0.39, 0.29) is 0 Å². The zero-order chi connectivity index (χ0) is 12.8. The molecule has 0 heterocycles. The van der Waals surface area contributed by atoms with Crippen LogP contribution in [0.4, 0.5) is 5.69 Å². The highest BCUT2D eigenvalue weighted by atomic mass is 35.5. The van der Waals surface area contributed by atoms with Crippen molar-refractivity contribution in [3.8, 4) is 0 Å². The fourth-order valence-corrected chi connectivity index (χ4v) is 2.14. The number of hydrogen-bond donors (Lipinski definition) is 1. The van der Waals surface area contributed by atoms with Gasteiger partial charge in [0.25, 0.3) is 0 Å². The Morgan fingerprint density at radius 1 is 1.00 bits per heavy atom. The highest BCUT2D eigenvalue weighted by Gasteiger charge is 1.96. The van der Waals surface area contributed by atoms with Crippen LogP contribution in [0.5, 0.6) is 0 Å². The van der Waals surface area contributed by atoms with Gasteiger partial charge in [0, 0.05) is 17.3 Å². The maximum Gasteiger partial charge on any atom is 0.0409 e. The van der Waals surface area contributed by atoms with Crippen molar-refractivity contribution >= 4 is 17.3 Å². The summed E-state index contributed by atoms with van der Waals surface area (Å²) in [6.07, 6.45) is 2.34. The minimum absolute atomic E-state index is 0.785. The smallest absolute Gasteiger partial charge is 0.0409 e. The molecule has 18 heavy (non-hydrogen) atoms. The van der Waals surface area contributed by atoms with E-state index in [0.29, 0.717) is 0 Å². The fraction of sp³-hybridized carbons (Fsp3) is 0.250. The first-order valence-corrected chi connectivity index (χ1v) is 6.73. The van der Waals surface area contributed by atoms with Gasteiger partial charge in [0.1, 0.15) is 0 Å². The van der Waals surface area contributed by atoms with E-state index in [1.807, 2.05) is 18.2 Å². The van der Waals surface area contributed by atoms with Crippen LogP contribution in [0.3, 0.4) is 0 Å². The Kier molecular flexibility index (Phi) is 4.66. The summed E-state index contributed by atoms with van der Waals surface area (Å²) < 4.78 is 0. The van der Waals surface area contributed by atoms with Gasteiger partial charge in [-0.25, -0.2) is 0 Å². The van der Waals surface area contributed by atoms with Crippen LogP contribution in [0, 0.1) is 0 Å².